The Morgan fingerprint density at radius 2 is 1.95 bits per heavy atom. The van der Waals surface area contributed by atoms with Crippen LogP contribution >= 0.6 is 0 Å². The highest BCUT2D eigenvalue weighted by Crippen LogP contribution is 2.33. The number of ether oxygens (including phenoxy) is 2. The molecule has 1 rings (SSSR count). The number of amides is 1. The van der Waals surface area contributed by atoms with Gasteiger partial charge in [-0.25, -0.2) is 9.59 Å². The number of nitrogens with one attached hydrogen (secondary N) is 1. The maximum absolute atomic E-state index is 12.5. The third kappa shape index (κ3) is 3.00. The number of esters is 2. The van der Waals surface area contributed by atoms with Crippen LogP contribution in [0.5, 0.6) is 0 Å². The topological polar surface area (TPSA) is 81.7 Å². The quantitative estimate of drug-likeness (QED) is 0.617. The molecule has 6 heteroatoms. The van der Waals surface area contributed by atoms with Gasteiger partial charge in [0, 0.05) is 17.2 Å². The van der Waals surface area contributed by atoms with Crippen molar-refractivity contribution in [3.05, 3.63) is 11.6 Å². The summed E-state index contributed by atoms with van der Waals surface area (Å²) in [4.78, 5) is 36.2. The first-order chi connectivity index (χ1) is 9.17. The van der Waals surface area contributed by atoms with Crippen LogP contribution in [0.15, 0.2) is 11.6 Å². The molecule has 20 heavy (non-hydrogen) atoms. The Morgan fingerprint density at radius 3 is 2.40 bits per heavy atom. The van der Waals surface area contributed by atoms with Crippen LogP contribution in [0.1, 0.15) is 41.0 Å². The molecular formula is C14H21NO5. The van der Waals surface area contributed by atoms with Crippen molar-refractivity contribution in [2.45, 2.75) is 52.2 Å². The Bertz CT molecular complexity index is 461. The van der Waals surface area contributed by atoms with E-state index in [4.69, 9.17) is 9.47 Å². The van der Waals surface area contributed by atoms with Gasteiger partial charge in [-0.05, 0) is 34.1 Å². The Labute approximate surface area is 118 Å². The number of carbonyl (C=O) groups excluding carboxylic acids is 3. The number of hydrogen-bond acceptors (Lipinski definition) is 5. The average molecular weight is 283 g/mol. The largest absolute Gasteiger partial charge is 0.462 e. The van der Waals surface area contributed by atoms with Crippen LogP contribution in [0.4, 0.5) is 0 Å². The number of carbonyl (C=O) groups is 3. The summed E-state index contributed by atoms with van der Waals surface area (Å²) in [6, 6.07) is 0. The highest BCUT2D eigenvalue weighted by Gasteiger charge is 2.57. The van der Waals surface area contributed by atoms with E-state index in [1.807, 2.05) is 0 Å². The van der Waals surface area contributed by atoms with Crippen molar-refractivity contribution in [2.24, 2.45) is 0 Å². The van der Waals surface area contributed by atoms with E-state index in [9.17, 15) is 14.4 Å². The van der Waals surface area contributed by atoms with Crippen molar-refractivity contribution in [2.75, 3.05) is 6.61 Å². The van der Waals surface area contributed by atoms with Crippen LogP contribution in [0, 0.1) is 0 Å². The Balaban J connectivity index is 3.22. The van der Waals surface area contributed by atoms with E-state index in [1.165, 1.54) is 6.08 Å². The zero-order valence-corrected chi connectivity index (χ0v) is 12.5. The zero-order chi connectivity index (χ0) is 15.6. The standard InChI is InChI=1S/C14H21NO5/c1-6-9-8-10(16)20-14(9,12(18)19-7-2)11(17)15-13(3,4)5/h8H,6-7H2,1-5H3,(H,15,17). The number of cyclic esters (lactones) is 1. The summed E-state index contributed by atoms with van der Waals surface area (Å²) < 4.78 is 9.98. The summed E-state index contributed by atoms with van der Waals surface area (Å²) >= 11 is 0. The average Bonchev–Trinajstić information content (AvgIpc) is 2.65. The van der Waals surface area contributed by atoms with Gasteiger partial charge in [0.25, 0.3) is 5.91 Å². The molecule has 0 saturated heterocycles. The summed E-state index contributed by atoms with van der Waals surface area (Å²) in [6.07, 6.45) is 1.52. The number of hydrogen-bond donors (Lipinski definition) is 1. The number of rotatable bonds is 4. The van der Waals surface area contributed by atoms with Crippen LogP contribution in [0.2, 0.25) is 0 Å². The van der Waals surface area contributed by atoms with Crippen LogP contribution in [-0.4, -0.2) is 35.6 Å². The van der Waals surface area contributed by atoms with E-state index in [0.717, 1.165) is 0 Å². The molecule has 0 spiro atoms. The highest BCUT2D eigenvalue weighted by atomic mass is 16.6. The summed E-state index contributed by atoms with van der Waals surface area (Å²) in [5, 5.41) is 2.67. The lowest BCUT2D eigenvalue weighted by atomic mass is 9.90. The summed E-state index contributed by atoms with van der Waals surface area (Å²) in [7, 11) is 0. The molecule has 1 atom stereocenters. The van der Waals surface area contributed by atoms with E-state index >= 15 is 0 Å². The van der Waals surface area contributed by atoms with Crippen molar-refractivity contribution in [3.63, 3.8) is 0 Å². The predicted molar refractivity (Wildman–Crippen MR) is 71.7 cm³/mol. The fourth-order valence-electron chi connectivity index (χ4n) is 1.96. The molecule has 0 aromatic rings. The Hall–Kier alpha value is -1.85. The normalized spacial score (nSPS) is 22.1. The van der Waals surface area contributed by atoms with Gasteiger partial charge in [-0.3, -0.25) is 4.79 Å². The maximum atomic E-state index is 12.5. The van der Waals surface area contributed by atoms with Gasteiger partial charge in [-0.2, -0.15) is 0 Å². The van der Waals surface area contributed by atoms with Gasteiger partial charge in [0.1, 0.15) is 0 Å². The van der Waals surface area contributed by atoms with Crippen molar-refractivity contribution < 1.29 is 23.9 Å². The second-order valence-electron chi connectivity index (χ2n) is 5.55. The maximum Gasteiger partial charge on any atom is 0.365 e. The second-order valence-corrected chi connectivity index (χ2v) is 5.55. The van der Waals surface area contributed by atoms with Gasteiger partial charge in [0.05, 0.1) is 6.61 Å². The molecule has 0 aliphatic carbocycles. The SMILES string of the molecule is CCOC(=O)C1(C(=O)NC(C)(C)C)OC(=O)C=C1CC. The molecule has 112 valence electrons. The van der Waals surface area contributed by atoms with Crippen molar-refractivity contribution in [1.29, 1.82) is 0 Å². The molecule has 0 saturated carbocycles. The molecule has 0 aromatic heterocycles. The van der Waals surface area contributed by atoms with E-state index in [1.54, 1.807) is 34.6 Å². The molecule has 0 fully saturated rings. The zero-order valence-electron chi connectivity index (χ0n) is 12.5. The smallest absolute Gasteiger partial charge is 0.365 e. The first-order valence-electron chi connectivity index (χ1n) is 6.61. The molecule has 1 heterocycles. The molecule has 1 aliphatic heterocycles. The van der Waals surface area contributed by atoms with Crippen molar-refractivity contribution in [1.82, 2.24) is 5.32 Å². The monoisotopic (exact) mass is 283 g/mol. The van der Waals surface area contributed by atoms with Gasteiger partial charge < -0.3 is 14.8 Å². The van der Waals surface area contributed by atoms with Crippen LogP contribution in [0.25, 0.3) is 0 Å². The third-order valence-corrected chi connectivity index (χ3v) is 2.75. The summed E-state index contributed by atoms with van der Waals surface area (Å²) in [5.74, 6) is -2.25. The summed E-state index contributed by atoms with van der Waals surface area (Å²) in [5.41, 5.74) is -2.25. The minimum atomic E-state index is -1.99. The van der Waals surface area contributed by atoms with Gasteiger partial charge in [-0.15, -0.1) is 0 Å². The minimum Gasteiger partial charge on any atom is -0.462 e. The molecule has 0 radical (unpaired) electrons. The molecule has 1 amide bonds. The van der Waals surface area contributed by atoms with Gasteiger partial charge in [-0.1, -0.05) is 6.92 Å². The molecular weight excluding hydrogens is 262 g/mol. The molecule has 6 nitrogen and oxygen atoms in total. The van der Waals surface area contributed by atoms with E-state index < -0.39 is 29.0 Å². The van der Waals surface area contributed by atoms with E-state index in [0.29, 0.717) is 12.0 Å². The highest BCUT2D eigenvalue weighted by molar-refractivity contribution is 6.14. The van der Waals surface area contributed by atoms with Gasteiger partial charge in [0.15, 0.2) is 0 Å². The third-order valence-electron chi connectivity index (χ3n) is 2.75. The lowest BCUT2D eigenvalue weighted by Crippen LogP contribution is -2.59. The molecule has 1 unspecified atom stereocenters. The molecule has 0 bridgehead atoms. The van der Waals surface area contributed by atoms with Crippen molar-refractivity contribution >= 4 is 17.8 Å². The lowest BCUT2D eigenvalue weighted by molar-refractivity contribution is -0.177. The molecule has 1 N–H and O–H groups in total. The Kier molecular flexibility index (Phi) is 4.57. The van der Waals surface area contributed by atoms with Crippen LogP contribution in [0.3, 0.4) is 0 Å². The first-order valence-corrected chi connectivity index (χ1v) is 6.61. The summed E-state index contributed by atoms with van der Waals surface area (Å²) in [6.45, 7) is 8.78. The van der Waals surface area contributed by atoms with E-state index in [-0.39, 0.29) is 6.61 Å². The molecule has 0 aromatic carbocycles. The van der Waals surface area contributed by atoms with Gasteiger partial charge in [0.2, 0.25) is 0 Å². The van der Waals surface area contributed by atoms with Crippen molar-refractivity contribution in [3.8, 4) is 0 Å². The predicted octanol–water partition coefficient (Wildman–Crippen LogP) is 1.10. The van der Waals surface area contributed by atoms with Crippen LogP contribution < -0.4 is 5.32 Å². The Morgan fingerprint density at radius 1 is 1.35 bits per heavy atom. The fourth-order valence-corrected chi connectivity index (χ4v) is 1.96. The van der Waals surface area contributed by atoms with E-state index in [2.05, 4.69) is 5.32 Å². The lowest BCUT2D eigenvalue weighted by Gasteiger charge is -2.31. The van der Waals surface area contributed by atoms with Crippen LogP contribution in [-0.2, 0) is 23.9 Å². The minimum absolute atomic E-state index is 0.0952. The van der Waals surface area contributed by atoms with Gasteiger partial charge >= 0.3 is 17.5 Å². The fraction of sp³-hybridized carbons (Fsp3) is 0.643. The second kappa shape index (κ2) is 5.64. The first kappa shape index (κ1) is 16.2. The molecule has 1 aliphatic rings.